The highest BCUT2D eigenvalue weighted by Crippen LogP contribution is 2.29. The molecular weight excluding hydrogens is 262 g/mol. The fraction of sp³-hybridized carbons (Fsp3) is 0.0769. The van der Waals surface area contributed by atoms with Crippen LogP contribution in [-0.2, 0) is 0 Å². The smallest absolute Gasteiger partial charge is 0.141 e. The second-order valence-corrected chi connectivity index (χ2v) is 4.41. The van der Waals surface area contributed by atoms with Crippen LogP contribution in [0.4, 0.5) is 4.39 Å². The summed E-state index contributed by atoms with van der Waals surface area (Å²) < 4.78 is 13.0. The molecule has 0 fully saturated rings. The second kappa shape index (κ2) is 5.05. The van der Waals surface area contributed by atoms with Gasteiger partial charge in [0.15, 0.2) is 0 Å². The molecule has 0 spiro atoms. The van der Waals surface area contributed by atoms with Gasteiger partial charge in [-0.3, -0.25) is 0 Å². The van der Waals surface area contributed by atoms with Gasteiger partial charge in [0, 0.05) is 10.6 Å². The van der Waals surface area contributed by atoms with Crippen molar-refractivity contribution in [3.8, 4) is 0 Å². The lowest BCUT2D eigenvalue weighted by Crippen LogP contribution is -2.00. The van der Waals surface area contributed by atoms with Gasteiger partial charge >= 0.3 is 0 Å². The van der Waals surface area contributed by atoms with Crippen LogP contribution in [0, 0.1) is 5.82 Å². The fourth-order valence-corrected chi connectivity index (χ4v) is 1.99. The third-order valence-electron chi connectivity index (χ3n) is 2.46. The monoisotopic (exact) mass is 270 g/mol. The molecule has 2 rings (SSSR count). The van der Waals surface area contributed by atoms with Gasteiger partial charge in [-0.05, 0) is 23.8 Å². The van der Waals surface area contributed by atoms with Crippen LogP contribution in [0.3, 0.4) is 0 Å². The number of halogens is 3. The molecule has 1 nitrogen and oxygen atoms in total. The molecule has 0 bridgehead atoms. The molecule has 1 atom stereocenters. The molecule has 0 aliphatic heterocycles. The average Bonchev–Trinajstić information content (AvgIpc) is 2.32. The zero-order valence-electron chi connectivity index (χ0n) is 8.70. The third kappa shape index (κ3) is 2.60. The molecular formula is C13H9Cl2FO. The molecule has 0 heterocycles. The van der Waals surface area contributed by atoms with Gasteiger partial charge in [0.25, 0.3) is 0 Å². The van der Waals surface area contributed by atoms with Gasteiger partial charge < -0.3 is 5.11 Å². The Morgan fingerprint density at radius 1 is 1.00 bits per heavy atom. The first kappa shape index (κ1) is 12.4. The van der Waals surface area contributed by atoms with Crippen molar-refractivity contribution in [3.05, 3.63) is 69.5 Å². The van der Waals surface area contributed by atoms with Crippen molar-refractivity contribution in [1.29, 1.82) is 0 Å². The molecule has 1 N–H and O–H groups in total. The van der Waals surface area contributed by atoms with Crippen molar-refractivity contribution >= 4 is 23.2 Å². The molecule has 2 aromatic carbocycles. The number of aliphatic hydroxyl groups excluding tert-OH is 1. The zero-order valence-corrected chi connectivity index (χ0v) is 10.2. The van der Waals surface area contributed by atoms with Gasteiger partial charge in [-0.1, -0.05) is 47.5 Å². The van der Waals surface area contributed by atoms with Crippen LogP contribution in [0.1, 0.15) is 17.2 Å². The highest BCUT2D eigenvalue weighted by Gasteiger charge is 2.14. The Bertz CT molecular complexity index is 543. The van der Waals surface area contributed by atoms with Crippen molar-refractivity contribution in [2.45, 2.75) is 6.10 Å². The van der Waals surface area contributed by atoms with E-state index in [0.29, 0.717) is 16.1 Å². The Morgan fingerprint density at radius 2 is 1.71 bits per heavy atom. The second-order valence-electron chi connectivity index (χ2n) is 3.60. The van der Waals surface area contributed by atoms with Crippen LogP contribution >= 0.6 is 23.2 Å². The van der Waals surface area contributed by atoms with Gasteiger partial charge in [0.2, 0.25) is 0 Å². The lowest BCUT2D eigenvalue weighted by molar-refractivity contribution is 0.220. The lowest BCUT2D eigenvalue weighted by Gasteiger charge is -2.13. The summed E-state index contributed by atoms with van der Waals surface area (Å²) in [4.78, 5) is 0. The molecule has 0 amide bonds. The molecule has 0 saturated heterocycles. The third-order valence-corrected chi connectivity index (χ3v) is 3.09. The predicted molar refractivity (Wildman–Crippen MR) is 66.9 cm³/mol. The number of hydrogen-bond donors (Lipinski definition) is 1. The molecule has 0 aliphatic carbocycles. The van der Waals surface area contributed by atoms with Gasteiger partial charge in [0.05, 0.1) is 5.02 Å². The normalized spacial score (nSPS) is 12.5. The van der Waals surface area contributed by atoms with E-state index in [-0.39, 0.29) is 5.02 Å². The van der Waals surface area contributed by atoms with Crippen LogP contribution in [0.2, 0.25) is 10.0 Å². The van der Waals surface area contributed by atoms with Crippen molar-refractivity contribution in [1.82, 2.24) is 0 Å². The standard InChI is InChI=1S/C13H9Cl2FO/c14-10-4-2-1-3-9(10)13(17)8-5-6-12(16)11(15)7-8/h1-7,13,17H. The maximum absolute atomic E-state index is 13.0. The first-order valence-corrected chi connectivity index (χ1v) is 5.72. The fourth-order valence-electron chi connectivity index (χ4n) is 1.56. The Balaban J connectivity index is 2.40. The zero-order chi connectivity index (χ0) is 12.4. The van der Waals surface area contributed by atoms with Crippen LogP contribution in [0.15, 0.2) is 42.5 Å². The lowest BCUT2D eigenvalue weighted by atomic mass is 10.0. The Hall–Kier alpha value is -1.09. The van der Waals surface area contributed by atoms with E-state index in [1.807, 2.05) is 0 Å². The van der Waals surface area contributed by atoms with Crippen LogP contribution in [-0.4, -0.2) is 5.11 Å². The Kier molecular flexibility index (Phi) is 3.67. The van der Waals surface area contributed by atoms with E-state index < -0.39 is 11.9 Å². The van der Waals surface area contributed by atoms with E-state index in [4.69, 9.17) is 23.2 Å². The SMILES string of the molecule is OC(c1ccc(F)c(Cl)c1)c1ccccc1Cl. The largest absolute Gasteiger partial charge is 0.384 e. The number of rotatable bonds is 2. The maximum atomic E-state index is 13.0. The summed E-state index contributed by atoms with van der Waals surface area (Å²) >= 11 is 11.6. The molecule has 4 heteroatoms. The summed E-state index contributed by atoms with van der Waals surface area (Å²) in [5.74, 6) is -0.512. The summed E-state index contributed by atoms with van der Waals surface area (Å²) in [6.07, 6.45) is -0.915. The highest BCUT2D eigenvalue weighted by atomic mass is 35.5. The molecule has 0 aromatic heterocycles. The van der Waals surface area contributed by atoms with Crippen molar-refractivity contribution in [3.63, 3.8) is 0 Å². The van der Waals surface area contributed by atoms with E-state index in [9.17, 15) is 9.50 Å². The van der Waals surface area contributed by atoms with Crippen molar-refractivity contribution in [2.24, 2.45) is 0 Å². The number of aliphatic hydroxyl groups is 1. The van der Waals surface area contributed by atoms with Gasteiger partial charge in [-0.2, -0.15) is 0 Å². The molecule has 0 radical (unpaired) electrons. The number of hydrogen-bond acceptors (Lipinski definition) is 1. The molecule has 17 heavy (non-hydrogen) atoms. The van der Waals surface area contributed by atoms with E-state index >= 15 is 0 Å². The minimum atomic E-state index is -0.915. The Labute approximate surface area is 108 Å². The minimum Gasteiger partial charge on any atom is -0.384 e. The maximum Gasteiger partial charge on any atom is 0.141 e. The highest BCUT2D eigenvalue weighted by molar-refractivity contribution is 6.31. The molecule has 88 valence electrons. The van der Waals surface area contributed by atoms with Gasteiger partial charge in [-0.15, -0.1) is 0 Å². The van der Waals surface area contributed by atoms with Crippen molar-refractivity contribution < 1.29 is 9.50 Å². The van der Waals surface area contributed by atoms with E-state index in [1.165, 1.54) is 18.2 Å². The van der Waals surface area contributed by atoms with Crippen LogP contribution in [0.25, 0.3) is 0 Å². The van der Waals surface area contributed by atoms with E-state index in [0.717, 1.165) is 0 Å². The summed E-state index contributed by atoms with van der Waals surface area (Å²) in [5, 5.41) is 10.6. The minimum absolute atomic E-state index is 0.0198. The van der Waals surface area contributed by atoms with Gasteiger partial charge in [0.1, 0.15) is 11.9 Å². The predicted octanol–water partition coefficient (Wildman–Crippen LogP) is 4.21. The number of benzene rings is 2. The van der Waals surface area contributed by atoms with E-state index in [2.05, 4.69) is 0 Å². The van der Waals surface area contributed by atoms with Crippen molar-refractivity contribution in [2.75, 3.05) is 0 Å². The summed E-state index contributed by atoms with van der Waals surface area (Å²) in [6, 6.07) is 11.0. The Morgan fingerprint density at radius 3 is 2.35 bits per heavy atom. The molecule has 1 unspecified atom stereocenters. The van der Waals surface area contributed by atoms with E-state index in [1.54, 1.807) is 24.3 Å². The molecule has 2 aromatic rings. The first-order chi connectivity index (χ1) is 8.09. The topological polar surface area (TPSA) is 20.2 Å². The van der Waals surface area contributed by atoms with Gasteiger partial charge in [-0.25, -0.2) is 4.39 Å². The molecule has 0 saturated carbocycles. The van der Waals surface area contributed by atoms with Crippen LogP contribution in [0.5, 0.6) is 0 Å². The summed E-state index contributed by atoms with van der Waals surface area (Å²) in [7, 11) is 0. The average molecular weight is 271 g/mol. The first-order valence-electron chi connectivity index (χ1n) is 4.97. The summed E-state index contributed by atoms with van der Waals surface area (Å²) in [5.41, 5.74) is 1.07. The molecule has 0 aliphatic rings. The van der Waals surface area contributed by atoms with Crippen LogP contribution < -0.4 is 0 Å². The quantitative estimate of drug-likeness (QED) is 0.867. The summed E-state index contributed by atoms with van der Waals surface area (Å²) in [6.45, 7) is 0.